The standard InChI is InChI=1S/C28H28N2/c1-20-9-8-14-30-27(20)23-11-7-10-21(16-23)15-22-17-24(26-12-5-6-13-29-26)19-25(18-22)28(2,3)4/h5-14,16-19H,15H2,1-4H3. The molecule has 0 aliphatic heterocycles. The Bertz CT molecular complexity index is 1150. The van der Waals surface area contributed by atoms with Crippen LogP contribution >= 0.6 is 0 Å². The van der Waals surface area contributed by atoms with Crippen LogP contribution in [0.15, 0.2) is 85.2 Å². The second kappa shape index (κ2) is 8.23. The number of aromatic nitrogens is 2. The van der Waals surface area contributed by atoms with Gasteiger partial charge in [-0.3, -0.25) is 9.97 Å². The molecule has 4 aromatic rings. The maximum Gasteiger partial charge on any atom is 0.0731 e. The molecule has 0 spiro atoms. The molecule has 0 aliphatic rings. The van der Waals surface area contributed by atoms with E-state index < -0.39 is 0 Å². The van der Waals surface area contributed by atoms with Gasteiger partial charge in [0.1, 0.15) is 0 Å². The topological polar surface area (TPSA) is 25.8 Å². The minimum Gasteiger partial charge on any atom is -0.256 e. The van der Waals surface area contributed by atoms with Crippen molar-refractivity contribution in [2.75, 3.05) is 0 Å². The molecule has 2 aromatic carbocycles. The first-order chi connectivity index (χ1) is 14.4. The largest absolute Gasteiger partial charge is 0.256 e. The minimum atomic E-state index is 0.0759. The van der Waals surface area contributed by atoms with Crippen LogP contribution in [0, 0.1) is 6.92 Å². The normalized spacial score (nSPS) is 11.5. The third-order valence-electron chi connectivity index (χ3n) is 5.44. The van der Waals surface area contributed by atoms with E-state index in [1.807, 2.05) is 30.6 Å². The molecular formula is C28H28N2. The highest BCUT2D eigenvalue weighted by Crippen LogP contribution is 2.30. The van der Waals surface area contributed by atoms with Crippen molar-refractivity contribution < 1.29 is 0 Å². The van der Waals surface area contributed by atoms with Gasteiger partial charge in [-0.25, -0.2) is 0 Å². The van der Waals surface area contributed by atoms with Gasteiger partial charge in [-0.05, 0) is 77.4 Å². The van der Waals surface area contributed by atoms with Gasteiger partial charge in [0, 0.05) is 23.5 Å². The molecular weight excluding hydrogens is 364 g/mol. The highest BCUT2D eigenvalue weighted by atomic mass is 14.7. The van der Waals surface area contributed by atoms with Crippen LogP contribution in [0.4, 0.5) is 0 Å². The summed E-state index contributed by atoms with van der Waals surface area (Å²) in [5.41, 5.74) is 9.61. The van der Waals surface area contributed by atoms with Crippen molar-refractivity contribution in [3.8, 4) is 22.5 Å². The van der Waals surface area contributed by atoms with Crippen LogP contribution in [-0.2, 0) is 11.8 Å². The van der Waals surface area contributed by atoms with Gasteiger partial charge in [0.15, 0.2) is 0 Å². The van der Waals surface area contributed by atoms with E-state index in [-0.39, 0.29) is 5.41 Å². The summed E-state index contributed by atoms with van der Waals surface area (Å²) in [6.07, 6.45) is 4.60. The molecule has 2 heterocycles. The highest BCUT2D eigenvalue weighted by Gasteiger charge is 2.16. The summed E-state index contributed by atoms with van der Waals surface area (Å²) in [5, 5.41) is 0. The van der Waals surface area contributed by atoms with E-state index in [9.17, 15) is 0 Å². The summed E-state index contributed by atoms with van der Waals surface area (Å²) in [4.78, 5) is 9.16. The number of rotatable bonds is 4. The predicted octanol–water partition coefficient (Wildman–Crippen LogP) is 7.01. The number of benzene rings is 2. The number of nitrogens with zero attached hydrogens (tertiary/aromatic N) is 2. The molecule has 0 bridgehead atoms. The molecule has 0 saturated heterocycles. The summed E-state index contributed by atoms with van der Waals surface area (Å²) < 4.78 is 0. The van der Waals surface area contributed by atoms with Gasteiger partial charge < -0.3 is 0 Å². The van der Waals surface area contributed by atoms with Crippen molar-refractivity contribution >= 4 is 0 Å². The van der Waals surface area contributed by atoms with E-state index in [4.69, 9.17) is 0 Å². The summed E-state index contributed by atoms with van der Waals surface area (Å²) in [6.45, 7) is 8.90. The minimum absolute atomic E-state index is 0.0759. The van der Waals surface area contributed by atoms with Crippen LogP contribution in [-0.4, -0.2) is 9.97 Å². The summed E-state index contributed by atoms with van der Waals surface area (Å²) >= 11 is 0. The molecule has 2 aromatic heterocycles. The molecule has 0 fully saturated rings. The summed E-state index contributed by atoms with van der Waals surface area (Å²) in [5.74, 6) is 0. The monoisotopic (exact) mass is 392 g/mol. The number of hydrogen-bond donors (Lipinski definition) is 0. The Morgan fingerprint density at radius 2 is 1.50 bits per heavy atom. The molecule has 4 rings (SSSR count). The first kappa shape index (κ1) is 20.0. The Labute approximate surface area is 179 Å². The van der Waals surface area contributed by atoms with Gasteiger partial charge in [-0.1, -0.05) is 57.2 Å². The van der Waals surface area contributed by atoms with Crippen molar-refractivity contribution in [2.45, 2.75) is 39.5 Å². The van der Waals surface area contributed by atoms with Crippen molar-refractivity contribution in [1.82, 2.24) is 9.97 Å². The Hall–Kier alpha value is -3.26. The fourth-order valence-corrected chi connectivity index (χ4v) is 3.76. The summed E-state index contributed by atoms with van der Waals surface area (Å²) in [7, 11) is 0. The van der Waals surface area contributed by atoms with Crippen LogP contribution in [0.2, 0.25) is 0 Å². The third-order valence-corrected chi connectivity index (χ3v) is 5.44. The zero-order chi connectivity index (χ0) is 21.1. The average molecular weight is 393 g/mol. The number of pyridine rings is 2. The lowest BCUT2D eigenvalue weighted by molar-refractivity contribution is 0.589. The van der Waals surface area contributed by atoms with Gasteiger partial charge >= 0.3 is 0 Å². The van der Waals surface area contributed by atoms with Crippen molar-refractivity contribution in [3.05, 3.63) is 107 Å². The van der Waals surface area contributed by atoms with E-state index in [0.29, 0.717) is 0 Å². The van der Waals surface area contributed by atoms with E-state index in [0.717, 1.165) is 17.8 Å². The van der Waals surface area contributed by atoms with E-state index >= 15 is 0 Å². The van der Waals surface area contributed by atoms with Gasteiger partial charge in [0.05, 0.1) is 11.4 Å². The van der Waals surface area contributed by atoms with Crippen molar-refractivity contribution in [2.24, 2.45) is 0 Å². The third kappa shape index (κ3) is 4.49. The molecule has 0 aliphatic carbocycles. The molecule has 30 heavy (non-hydrogen) atoms. The Morgan fingerprint density at radius 3 is 2.23 bits per heavy atom. The average Bonchev–Trinajstić information content (AvgIpc) is 2.74. The van der Waals surface area contributed by atoms with Crippen LogP contribution < -0.4 is 0 Å². The van der Waals surface area contributed by atoms with Gasteiger partial charge in [-0.15, -0.1) is 0 Å². The van der Waals surface area contributed by atoms with Crippen LogP contribution in [0.3, 0.4) is 0 Å². The molecule has 2 nitrogen and oxygen atoms in total. The maximum atomic E-state index is 4.59. The first-order valence-electron chi connectivity index (χ1n) is 10.5. The zero-order valence-corrected chi connectivity index (χ0v) is 18.2. The Balaban J connectivity index is 1.73. The molecule has 2 heteroatoms. The van der Waals surface area contributed by atoms with E-state index in [2.05, 4.69) is 92.3 Å². The van der Waals surface area contributed by atoms with E-state index in [1.165, 1.54) is 33.4 Å². The quantitative estimate of drug-likeness (QED) is 0.373. The molecule has 0 unspecified atom stereocenters. The molecule has 0 radical (unpaired) electrons. The zero-order valence-electron chi connectivity index (χ0n) is 18.2. The molecule has 150 valence electrons. The molecule has 0 amide bonds. The first-order valence-corrected chi connectivity index (χ1v) is 10.5. The van der Waals surface area contributed by atoms with Gasteiger partial charge in [-0.2, -0.15) is 0 Å². The second-order valence-corrected chi connectivity index (χ2v) is 8.93. The highest BCUT2D eigenvalue weighted by molar-refractivity contribution is 5.65. The van der Waals surface area contributed by atoms with Crippen LogP contribution in [0.5, 0.6) is 0 Å². The van der Waals surface area contributed by atoms with Crippen molar-refractivity contribution in [1.29, 1.82) is 0 Å². The lowest BCUT2D eigenvalue weighted by Crippen LogP contribution is -2.12. The van der Waals surface area contributed by atoms with Crippen LogP contribution in [0.1, 0.15) is 43.0 Å². The van der Waals surface area contributed by atoms with Gasteiger partial charge in [0.2, 0.25) is 0 Å². The second-order valence-electron chi connectivity index (χ2n) is 8.93. The summed E-state index contributed by atoms with van der Waals surface area (Å²) in [6, 6.07) is 25.8. The lowest BCUT2D eigenvalue weighted by atomic mass is 9.84. The van der Waals surface area contributed by atoms with Crippen molar-refractivity contribution in [3.63, 3.8) is 0 Å². The Kier molecular flexibility index (Phi) is 5.50. The fraction of sp³-hybridized carbons (Fsp3) is 0.214. The SMILES string of the molecule is Cc1cccnc1-c1cccc(Cc2cc(-c3ccccn3)cc(C(C)(C)C)c2)c1. The maximum absolute atomic E-state index is 4.59. The smallest absolute Gasteiger partial charge is 0.0731 e. The number of hydrogen-bond acceptors (Lipinski definition) is 2. The fourth-order valence-electron chi connectivity index (χ4n) is 3.76. The molecule has 0 N–H and O–H groups in total. The molecule has 0 saturated carbocycles. The number of aryl methyl sites for hydroxylation is 1. The Morgan fingerprint density at radius 1 is 0.700 bits per heavy atom. The lowest BCUT2D eigenvalue weighted by Gasteiger charge is -2.21. The van der Waals surface area contributed by atoms with Gasteiger partial charge in [0.25, 0.3) is 0 Å². The predicted molar refractivity (Wildman–Crippen MR) is 126 cm³/mol. The van der Waals surface area contributed by atoms with E-state index in [1.54, 1.807) is 0 Å². The van der Waals surface area contributed by atoms with Crippen LogP contribution in [0.25, 0.3) is 22.5 Å². The molecule has 0 atom stereocenters.